The summed E-state index contributed by atoms with van der Waals surface area (Å²) < 4.78 is 38.3. The molecule has 0 aromatic heterocycles. The second-order valence-corrected chi connectivity index (χ2v) is 6.10. The van der Waals surface area contributed by atoms with E-state index in [2.05, 4.69) is 5.32 Å². The Kier molecular flexibility index (Phi) is 5.12. The fourth-order valence-electron chi connectivity index (χ4n) is 3.59. The van der Waals surface area contributed by atoms with Crippen LogP contribution in [-0.4, -0.2) is 30.0 Å². The topological polar surface area (TPSA) is 32.3 Å². The van der Waals surface area contributed by atoms with Crippen molar-refractivity contribution in [1.29, 1.82) is 0 Å². The largest absolute Gasteiger partial charge is 0.396 e. The summed E-state index contributed by atoms with van der Waals surface area (Å²) in [5, 5.41) is 12.8. The molecule has 0 aliphatic heterocycles. The number of halogens is 3. The van der Waals surface area contributed by atoms with Gasteiger partial charge in [-0.25, -0.2) is 0 Å². The maximum atomic E-state index is 12.8. The van der Waals surface area contributed by atoms with Crippen LogP contribution in [0.2, 0.25) is 0 Å². The lowest BCUT2D eigenvalue weighted by Crippen LogP contribution is -2.48. The van der Waals surface area contributed by atoms with Gasteiger partial charge in [-0.3, -0.25) is 0 Å². The van der Waals surface area contributed by atoms with Crippen LogP contribution in [0.4, 0.5) is 13.2 Å². The summed E-state index contributed by atoms with van der Waals surface area (Å²) in [5.74, 6) is -0.921. The van der Waals surface area contributed by atoms with Crippen LogP contribution in [0.15, 0.2) is 0 Å². The lowest BCUT2D eigenvalue weighted by Gasteiger charge is -2.38. The first-order chi connectivity index (χ1) is 9.00. The third kappa shape index (κ3) is 4.09. The quantitative estimate of drug-likeness (QED) is 0.831. The van der Waals surface area contributed by atoms with Gasteiger partial charge in [-0.1, -0.05) is 19.3 Å². The van der Waals surface area contributed by atoms with Crippen molar-refractivity contribution >= 4 is 0 Å². The van der Waals surface area contributed by atoms with Crippen LogP contribution in [0.1, 0.15) is 51.4 Å². The van der Waals surface area contributed by atoms with Gasteiger partial charge in [0.25, 0.3) is 0 Å². The van der Waals surface area contributed by atoms with Gasteiger partial charge in [0, 0.05) is 18.7 Å². The Hall–Kier alpha value is -0.290. The van der Waals surface area contributed by atoms with Crippen molar-refractivity contribution in [3.05, 3.63) is 0 Å². The zero-order chi connectivity index (χ0) is 13.9. The van der Waals surface area contributed by atoms with Gasteiger partial charge in [-0.2, -0.15) is 13.2 Å². The average molecular weight is 279 g/mol. The Morgan fingerprint density at radius 2 is 1.74 bits per heavy atom. The molecular formula is C14H24F3NO. The van der Waals surface area contributed by atoms with E-state index in [1.807, 2.05) is 0 Å². The van der Waals surface area contributed by atoms with Gasteiger partial charge >= 0.3 is 6.18 Å². The summed E-state index contributed by atoms with van der Waals surface area (Å²) in [7, 11) is 0. The van der Waals surface area contributed by atoms with E-state index in [0.29, 0.717) is 6.42 Å². The smallest absolute Gasteiger partial charge is 0.391 e. The van der Waals surface area contributed by atoms with Crippen LogP contribution in [-0.2, 0) is 0 Å². The molecule has 2 fully saturated rings. The predicted octanol–water partition coefficient (Wildman–Crippen LogP) is 3.25. The Morgan fingerprint density at radius 3 is 2.42 bits per heavy atom. The zero-order valence-electron chi connectivity index (χ0n) is 11.3. The summed E-state index contributed by atoms with van der Waals surface area (Å²) in [6.07, 6.45) is 2.13. The van der Waals surface area contributed by atoms with Crippen molar-refractivity contribution in [2.75, 3.05) is 6.61 Å². The number of aliphatic hydroxyl groups excluding tert-OH is 1. The lowest BCUT2D eigenvalue weighted by atomic mass is 9.81. The highest BCUT2D eigenvalue weighted by Crippen LogP contribution is 2.38. The van der Waals surface area contributed by atoms with Crippen LogP contribution in [0.25, 0.3) is 0 Å². The first kappa shape index (κ1) is 15.1. The van der Waals surface area contributed by atoms with Gasteiger partial charge in [0.1, 0.15) is 0 Å². The summed E-state index contributed by atoms with van der Waals surface area (Å²) in [6, 6.07) is 0.174. The van der Waals surface area contributed by atoms with Crippen molar-refractivity contribution in [3.63, 3.8) is 0 Å². The molecule has 4 atom stereocenters. The number of nitrogens with one attached hydrogen (secondary N) is 1. The van der Waals surface area contributed by atoms with E-state index < -0.39 is 12.1 Å². The first-order valence-corrected chi connectivity index (χ1v) is 7.44. The summed E-state index contributed by atoms with van der Waals surface area (Å²) in [6.45, 7) is 0.146. The molecule has 2 saturated carbocycles. The van der Waals surface area contributed by atoms with Gasteiger partial charge in [-0.15, -0.1) is 0 Å². The molecule has 0 saturated heterocycles. The molecule has 0 aromatic carbocycles. The standard InChI is InChI=1S/C14H24F3NO/c15-14(16,17)11-5-3-6-12(8-11)18-13-7-2-1-4-10(13)9-19/h10-13,18-19H,1-9H2/t10-,11+,12-,13-/m0/s1. The molecule has 0 heterocycles. The van der Waals surface area contributed by atoms with Gasteiger partial charge in [0.15, 0.2) is 0 Å². The van der Waals surface area contributed by atoms with Gasteiger partial charge in [0.05, 0.1) is 5.92 Å². The molecule has 2 rings (SSSR count). The Balaban J connectivity index is 1.87. The van der Waals surface area contributed by atoms with Crippen molar-refractivity contribution in [2.24, 2.45) is 11.8 Å². The molecule has 2 aliphatic carbocycles. The molecule has 2 N–H and O–H groups in total. The molecule has 5 heteroatoms. The second-order valence-electron chi connectivity index (χ2n) is 6.10. The van der Waals surface area contributed by atoms with Crippen LogP contribution in [0.3, 0.4) is 0 Å². The fraction of sp³-hybridized carbons (Fsp3) is 1.00. The predicted molar refractivity (Wildman–Crippen MR) is 67.8 cm³/mol. The monoisotopic (exact) mass is 279 g/mol. The third-order valence-corrected chi connectivity index (χ3v) is 4.73. The van der Waals surface area contributed by atoms with Crippen molar-refractivity contribution in [2.45, 2.75) is 69.6 Å². The Labute approximate surface area is 112 Å². The van der Waals surface area contributed by atoms with Crippen molar-refractivity contribution < 1.29 is 18.3 Å². The van der Waals surface area contributed by atoms with E-state index in [0.717, 1.165) is 32.1 Å². The molecule has 112 valence electrons. The third-order valence-electron chi connectivity index (χ3n) is 4.73. The fourth-order valence-corrected chi connectivity index (χ4v) is 3.59. The minimum atomic E-state index is -4.05. The highest BCUT2D eigenvalue weighted by atomic mass is 19.4. The number of rotatable bonds is 3. The van der Waals surface area contributed by atoms with Gasteiger partial charge in [0.2, 0.25) is 0 Å². The van der Waals surface area contributed by atoms with E-state index in [4.69, 9.17) is 0 Å². The molecule has 0 unspecified atom stereocenters. The van der Waals surface area contributed by atoms with Gasteiger partial charge < -0.3 is 10.4 Å². The molecule has 0 radical (unpaired) electrons. The Morgan fingerprint density at radius 1 is 1.00 bits per heavy atom. The maximum absolute atomic E-state index is 12.8. The normalized spacial score (nSPS) is 37.3. The summed E-state index contributed by atoms with van der Waals surface area (Å²) in [4.78, 5) is 0. The SMILES string of the molecule is OC[C@@H]1CCCC[C@@H]1N[C@H]1CCC[C@@H](C(F)(F)F)C1. The molecule has 0 amide bonds. The molecule has 0 spiro atoms. The second kappa shape index (κ2) is 6.44. The molecular weight excluding hydrogens is 255 g/mol. The van der Waals surface area contributed by atoms with E-state index in [1.54, 1.807) is 0 Å². The number of alkyl halides is 3. The highest BCUT2D eigenvalue weighted by molar-refractivity contribution is 4.87. The van der Waals surface area contributed by atoms with Crippen LogP contribution >= 0.6 is 0 Å². The van der Waals surface area contributed by atoms with Crippen LogP contribution in [0, 0.1) is 11.8 Å². The number of hydrogen-bond acceptors (Lipinski definition) is 2. The number of aliphatic hydroxyl groups is 1. The minimum absolute atomic E-state index is 0.0301. The van der Waals surface area contributed by atoms with Gasteiger partial charge in [-0.05, 0) is 38.0 Å². The molecule has 2 nitrogen and oxygen atoms in total. The zero-order valence-corrected chi connectivity index (χ0v) is 11.3. The summed E-state index contributed by atoms with van der Waals surface area (Å²) in [5.41, 5.74) is 0. The summed E-state index contributed by atoms with van der Waals surface area (Å²) >= 11 is 0. The minimum Gasteiger partial charge on any atom is -0.396 e. The molecule has 2 aliphatic rings. The van der Waals surface area contributed by atoms with E-state index >= 15 is 0 Å². The average Bonchev–Trinajstić information content (AvgIpc) is 2.39. The van der Waals surface area contributed by atoms with E-state index in [-0.39, 0.29) is 37.5 Å². The maximum Gasteiger partial charge on any atom is 0.391 e. The molecule has 0 aromatic rings. The van der Waals surface area contributed by atoms with E-state index in [1.165, 1.54) is 0 Å². The first-order valence-electron chi connectivity index (χ1n) is 7.44. The van der Waals surface area contributed by atoms with E-state index in [9.17, 15) is 18.3 Å². The number of hydrogen-bond donors (Lipinski definition) is 2. The lowest BCUT2D eigenvalue weighted by molar-refractivity contribution is -0.184. The Bertz CT molecular complexity index is 282. The molecule has 0 bridgehead atoms. The molecule has 19 heavy (non-hydrogen) atoms. The van der Waals surface area contributed by atoms with Crippen LogP contribution < -0.4 is 5.32 Å². The van der Waals surface area contributed by atoms with Crippen molar-refractivity contribution in [3.8, 4) is 0 Å². The van der Waals surface area contributed by atoms with Crippen LogP contribution in [0.5, 0.6) is 0 Å². The highest BCUT2D eigenvalue weighted by Gasteiger charge is 2.42. The van der Waals surface area contributed by atoms with Crippen molar-refractivity contribution in [1.82, 2.24) is 5.32 Å².